The van der Waals surface area contributed by atoms with Gasteiger partial charge < -0.3 is 10.2 Å². The molecule has 1 N–H and O–H groups in total. The molecule has 160 valence electrons. The number of hydrogen-bond donors (Lipinski definition) is 1. The van der Waals surface area contributed by atoms with E-state index in [9.17, 15) is 13.2 Å². The van der Waals surface area contributed by atoms with E-state index in [0.29, 0.717) is 23.9 Å². The number of halogens is 4. The van der Waals surface area contributed by atoms with E-state index in [4.69, 9.17) is 0 Å². The molecular weight excluding hydrogens is 512 g/mol. The smallest absolute Gasteiger partial charge is 0.356 e. The van der Waals surface area contributed by atoms with E-state index in [1.807, 2.05) is 6.07 Å². The lowest BCUT2D eigenvalue weighted by Gasteiger charge is -2.34. The van der Waals surface area contributed by atoms with Crippen molar-refractivity contribution in [3.05, 3.63) is 52.0 Å². The van der Waals surface area contributed by atoms with Gasteiger partial charge in [0.15, 0.2) is 11.7 Å². The van der Waals surface area contributed by atoms with E-state index < -0.39 is 11.9 Å². The third-order valence-electron chi connectivity index (χ3n) is 4.96. The molecule has 0 amide bonds. The second-order valence-electron chi connectivity index (χ2n) is 6.97. The number of aromatic nitrogens is 1. The molecule has 2 heterocycles. The first kappa shape index (κ1) is 23.9. The number of aliphatic imine (C=N–C) groups is 1. The van der Waals surface area contributed by atoms with Gasteiger partial charge in [0.05, 0.1) is 5.01 Å². The quantitative estimate of drug-likeness (QED) is 0.336. The lowest BCUT2D eigenvalue weighted by Crippen LogP contribution is -2.46. The average Bonchev–Trinajstić information content (AvgIpc) is 3.16. The van der Waals surface area contributed by atoms with Crippen LogP contribution in [-0.2, 0) is 19.0 Å². The first-order valence-electron chi connectivity index (χ1n) is 9.47. The summed E-state index contributed by atoms with van der Waals surface area (Å²) in [6.07, 6.45) is -0.604. The highest BCUT2D eigenvalue weighted by Gasteiger charge is 2.33. The number of nitrogens with zero attached hydrogens (tertiary/aromatic N) is 3. The Labute approximate surface area is 190 Å². The summed E-state index contributed by atoms with van der Waals surface area (Å²) in [6, 6.07) is 10.6. The molecule has 2 aromatic rings. The van der Waals surface area contributed by atoms with Crippen molar-refractivity contribution in [1.82, 2.24) is 15.2 Å². The van der Waals surface area contributed by atoms with Gasteiger partial charge in [-0.2, -0.15) is 13.2 Å². The van der Waals surface area contributed by atoms with E-state index >= 15 is 0 Å². The number of guanidine groups is 1. The largest absolute Gasteiger partial charge is 0.434 e. The van der Waals surface area contributed by atoms with Crippen LogP contribution in [0.3, 0.4) is 0 Å². The van der Waals surface area contributed by atoms with Gasteiger partial charge in [0, 0.05) is 38.5 Å². The van der Waals surface area contributed by atoms with Gasteiger partial charge in [0.25, 0.3) is 0 Å². The van der Waals surface area contributed by atoms with Crippen LogP contribution >= 0.6 is 35.3 Å². The van der Waals surface area contributed by atoms with Crippen LogP contribution in [0.25, 0.3) is 0 Å². The summed E-state index contributed by atoms with van der Waals surface area (Å²) in [7, 11) is 1.74. The second kappa shape index (κ2) is 11.1. The van der Waals surface area contributed by atoms with Gasteiger partial charge in [-0.3, -0.25) is 4.99 Å². The van der Waals surface area contributed by atoms with Gasteiger partial charge in [0.1, 0.15) is 0 Å². The first-order valence-corrected chi connectivity index (χ1v) is 10.3. The molecule has 0 saturated carbocycles. The molecule has 0 spiro atoms. The van der Waals surface area contributed by atoms with Crippen molar-refractivity contribution >= 4 is 41.3 Å². The maximum Gasteiger partial charge on any atom is 0.434 e. The molecule has 1 fully saturated rings. The zero-order valence-electron chi connectivity index (χ0n) is 16.3. The Bertz CT molecular complexity index is 772. The summed E-state index contributed by atoms with van der Waals surface area (Å²) in [5.74, 6) is 1.48. The van der Waals surface area contributed by atoms with Gasteiger partial charge in [-0.05, 0) is 30.7 Å². The number of likely N-dealkylation sites (tertiary alicyclic amines) is 1. The molecule has 0 aliphatic carbocycles. The monoisotopic (exact) mass is 538 g/mol. The summed E-state index contributed by atoms with van der Waals surface area (Å²) in [4.78, 5) is 10.2. The van der Waals surface area contributed by atoms with Crippen molar-refractivity contribution in [1.29, 1.82) is 0 Å². The van der Waals surface area contributed by atoms with Crippen LogP contribution in [-0.4, -0.2) is 42.5 Å². The molecule has 0 bridgehead atoms. The lowest BCUT2D eigenvalue weighted by molar-refractivity contribution is -0.140. The van der Waals surface area contributed by atoms with Crippen molar-refractivity contribution in [2.45, 2.75) is 31.9 Å². The third-order valence-corrected chi connectivity index (χ3v) is 5.87. The molecule has 4 nitrogen and oxygen atoms in total. The molecule has 1 aliphatic heterocycles. The number of hydrogen-bond acceptors (Lipinski definition) is 3. The normalized spacial score (nSPS) is 15.9. The third kappa shape index (κ3) is 7.13. The van der Waals surface area contributed by atoms with Crippen LogP contribution in [0.4, 0.5) is 13.2 Å². The number of benzene rings is 1. The molecule has 0 atom stereocenters. The molecular formula is C20H26F3IN4S. The first-order chi connectivity index (χ1) is 13.5. The fourth-order valence-corrected chi connectivity index (χ4v) is 4.27. The van der Waals surface area contributed by atoms with Crippen LogP contribution in [0.1, 0.15) is 29.1 Å². The molecule has 0 radical (unpaired) electrons. The standard InChI is InChI=1S/C20H25F3N4S.HI/c1-24-19(25-10-7-18-26-17(14-28-18)20(21,22)23)27-11-8-16(9-12-27)13-15-5-3-2-4-6-15;/h2-6,14,16H,7-13H2,1H3,(H,24,25);1H. The Hall–Kier alpha value is -1.36. The Morgan fingerprint density at radius 3 is 2.52 bits per heavy atom. The van der Waals surface area contributed by atoms with Crippen molar-refractivity contribution in [2.24, 2.45) is 10.9 Å². The molecule has 1 aromatic carbocycles. The second-order valence-corrected chi connectivity index (χ2v) is 7.91. The van der Waals surface area contributed by atoms with Crippen molar-refractivity contribution in [2.75, 3.05) is 26.7 Å². The molecule has 29 heavy (non-hydrogen) atoms. The highest BCUT2D eigenvalue weighted by atomic mass is 127. The van der Waals surface area contributed by atoms with Gasteiger partial charge in [-0.15, -0.1) is 35.3 Å². The minimum absolute atomic E-state index is 0. The van der Waals surface area contributed by atoms with Crippen LogP contribution in [0.5, 0.6) is 0 Å². The number of piperidine rings is 1. The maximum absolute atomic E-state index is 12.6. The van der Waals surface area contributed by atoms with Crippen LogP contribution < -0.4 is 5.32 Å². The molecule has 3 rings (SSSR count). The summed E-state index contributed by atoms with van der Waals surface area (Å²) >= 11 is 1.05. The predicted molar refractivity (Wildman–Crippen MR) is 122 cm³/mol. The summed E-state index contributed by atoms with van der Waals surface area (Å²) in [5.41, 5.74) is 0.572. The van der Waals surface area contributed by atoms with Crippen LogP contribution in [0.15, 0.2) is 40.7 Å². The zero-order chi connectivity index (χ0) is 20.0. The number of rotatable bonds is 5. The topological polar surface area (TPSA) is 40.5 Å². The zero-order valence-corrected chi connectivity index (χ0v) is 19.4. The average molecular weight is 538 g/mol. The maximum atomic E-state index is 12.6. The molecule has 1 aliphatic rings. The predicted octanol–water partition coefficient (Wildman–Crippen LogP) is 4.85. The Morgan fingerprint density at radius 1 is 1.24 bits per heavy atom. The highest BCUT2D eigenvalue weighted by Crippen LogP contribution is 2.30. The SMILES string of the molecule is CN=C(NCCc1nc(C(F)(F)F)cs1)N1CCC(Cc2ccccc2)CC1.I. The van der Waals surface area contributed by atoms with Crippen LogP contribution in [0, 0.1) is 5.92 Å². The summed E-state index contributed by atoms with van der Waals surface area (Å²) in [5, 5.41) is 4.82. The Morgan fingerprint density at radius 2 is 1.93 bits per heavy atom. The summed E-state index contributed by atoms with van der Waals surface area (Å²) < 4.78 is 37.9. The van der Waals surface area contributed by atoms with Crippen molar-refractivity contribution in [3.63, 3.8) is 0 Å². The summed E-state index contributed by atoms with van der Waals surface area (Å²) in [6.45, 7) is 2.39. The minimum atomic E-state index is -4.37. The Kier molecular flexibility index (Phi) is 9.19. The number of nitrogens with one attached hydrogen (secondary N) is 1. The van der Waals surface area contributed by atoms with Crippen molar-refractivity contribution in [3.8, 4) is 0 Å². The van der Waals surface area contributed by atoms with Crippen molar-refractivity contribution < 1.29 is 13.2 Å². The Balaban J connectivity index is 0.00000300. The fourth-order valence-electron chi connectivity index (χ4n) is 3.47. The van der Waals surface area contributed by atoms with Gasteiger partial charge in [-0.25, -0.2) is 4.98 Å². The van der Waals surface area contributed by atoms with Gasteiger partial charge in [-0.1, -0.05) is 30.3 Å². The minimum Gasteiger partial charge on any atom is -0.356 e. The van der Waals surface area contributed by atoms with Crippen LogP contribution in [0.2, 0.25) is 0 Å². The molecule has 0 unspecified atom stereocenters. The molecule has 9 heteroatoms. The number of thiazole rings is 1. The van der Waals surface area contributed by atoms with E-state index in [0.717, 1.165) is 55.0 Å². The van der Waals surface area contributed by atoms with E-state index in [2.05, 4.69) is 44.5 Å². The van der Waals surface area contributed by atoms with E-state index in [1.54, 1.807) is 7.05 Å². The van der Waals surface area contributed by atoms with Gasteiger partial charge in [0.2, 0.25) is 0 Å². The fraction of sp³-hybridized carbons (Fsp3) is 0.500. The number of alkyl halides is 3. The molecule has 1 saturated heterocycles. The van der Waals surface area contributed by atoms with E-state index in [-0.39, 0.29) is 24.0 Å². The van der Waals surface area contributed by atoms with Gasteiger partial charge >= 0.3 is 6.18 Å². The van der Waals surface area contributed by atoms with E-state index in [1.165, 1.54) is 5.56 Å². The highest BCUT2D eigenvalue weighted by molar-refractivity contribution is 14.0. The lowest BCUT2D eigenvalue weighted by atomic mass is 9.90. The molecule has 1 aromatic heterocycles.